The van der Waals surface area contributed by atoms with E-state index in [1.165, 1.54) is 6.07 Å². The molecule has 0 radical (unpaired) electrons. The number of fused-ring (bicyclic) bond motifs is 3. The highest BCUT2D eigenvalue weighted by molar-refractivity contribution is 5.89. The Balaban J connectivity index is 0.000000260. The van der Waals surface area contributed by atoms with E-state index in [-0.39, 0.29) is 6.04 Å². The van der Waals surface area contributed by atoms with Crippen LogP contribution >= 0.6 is 0 Å². The Bertz CT molecular complexity index is 856. The van der Waals surface area contributed by atoms with Crippen molar-refractivity contribution < 1.29 is 28.6 Å². The van der Waals surface area contributed by atoms with E-state index in [4.69, 9.17) is 15.9 Å². The van der Waals surface area contributed by atoms with Crippen LogP contribution in [-0.2, 0) is 29.0 Å². The van der Waals surface area contributed by atoms with E-state index >= 15 is 0 Å². The van der Waals surface area contributed by atoms with Gasteiger partial charge in [0, 0.05) is 35.8 Å². The molecule has 0 fully saturated rings. The monoisotopic (exact) mass is 366 g/mol. The molecule has 1 aromatic carbocycles. The molecule has 6 nitrogen and oxygen atoms in total. The predicted octanol–water partition coefficient (Wildman–Crippen LogP) is 2.47. The quantitative estimate of drug-likeness (QED) is 0.721. The molecule has 0 aliphatic heterocycles. The molecule has 8 heteroatoms. The number of aromatic nitrogens is 1. The highest BCUT2D eigenvalue weighted by Crippen LogP contribution is 2.35. The molecule has 3 rings (SSSR count). The summed E-state index contributed by atoms with van der Waals surface area (Å²) in [6.45, 7) is 2.57. The van der Waals surface area contributed by atoms with Gasteiger partial charge in [-0.3, -0.25) is 0 Å². The number of carboxylic acids is 2. The third kappa shape index (κ3) is 4.26. The fourth-order valence-electron chi connectivity index (χ4n) is 3.13. The maximum Gasteiger partial charge on any atom is 0.328 e. The second kappa shape index (κ2) is 8.09. The summed E-state index contributed by atoms with van der Waals surface area (Å²) in [7, 11) is 0. The summed E-state index contributed by atoms with van der Waals surface area (Å²) in [5.74, 6) is -4.00. The fourth-order valence-corrected chi connectivity index (χ4v) is 3.13. The molecule has 0 spiro atoms. The van der Waals surface area contributed by atoms with Crippen molar-refractivity contribution in [2.75, 3.05) is 0 Å². The second-order valence-corrected chi connectivity index (χ2v) is 6.13. The Morgan fingerprint density at radius 3 is 2.38 bits per heavy atom. The number of nitrogens with two attached hydrogens (primary N) is 1. The molecule has 1 heterocycles. The Kier molecular flexibility index (Phi) is 6.10. The molecule has 1 aliphatic carbocycles. The number of carboxylic acid groups (broad SMARTS) is 2. The molecule has 1 atom stereocenters. The topological polar surface area (TPSA) is 106 Å². The second-order valence-electron chi connectivity index (χ2n) is 6.13. The predicted molar refractivity (Wildman–Crippen MR) is 91.9 cm³/mol. The van der Waals surface area contributed by atoms with E-state index in [0.717, 1.165) is 36.0 Å². The zero-order valence-electron chi connectivity index (χ0n) is 14.2. The summed E-state index contributed by atoms with van der Waals surface area (Å²) < 4.78 is 29.4. The van der Waals surface area contributed by atoms with Gasteiger partial charge in [0.25, 0.3) is 0 Å². The number of aryl methyl sites for hydroxylation is 1. The smallest absolute Gasteiger partial charge is 0.328 e. The highest BCUT2D eigenvalue weighted by atomic mass is 19.2. The number of aliphatic carboxylic acids is 2. The average Bonchev–Trinajstić information content (AvgIpc) is 3.12. The van der Waals surface area contributed by atoms with Gasteiger partial charge in [0.05, 0.1) is 5.52 Å². The number of halogens is 2. The van der Waals surface area contributed by atoms with Crippen molar-refractivity contribution >= 4 is 22.8 Å². The minimum absolute atomic E-state index is 0.00147. The summed E-state index contributed by atoms with van der Waals surface area (Å²) >= 11 is 0. The minimum atomic E-state index is -1.26. The van der Waals surface area contributed by atoms with Crippen LogP contribution < -0.4 is 5.73 Å². The standard InChI is InChI=1S/C14H16F2N2.C4H4O4/c1-8(17)7-18-11-4-2-3-9(11)13-12(18)6-5-10(15)14(13)16;5-3(6)1-2-4(7)8/h5-6,8H,2-4,7,17H2,1H3;1-2H,(H,5,6)(H,7,8)/t8-;/m0./s1. The number of benzene rings is 1. The molecule has 0 saturated carbocycles. The SMILES string of the molecule is C[C@H](N)Cn1c2c(c3c(F)c(F)ccc31)CCC2.O=C(O)C=CC(=O)O. The average molecular weight is 366 g/mol. The summed E-state index contributed by atoms with van der Waals surface area (Å²) in [5, 5.41) is 16.1. The number of nitrogens with zero attached hydrogens (tertiary/aromatic N) is 1. The Morgan fingerprint density at radius 1 is 1.23 bits per heavy atom. The minimum Gasteiger partial charge on any atom is -0.478 e. The van der Waals surface area contributed by atoms with Crippen LogP contribution in [0.1, 0.15) is 24.6 Å². The molecule has 1 aromatic heterocycles. The number of carbonyl (C=O) groups is 2. The lowest BCUT2D eigenvalue weighted by Gasteiger charge is -2.12. The first-order valence-electron chi connectivity index (χ1n) is 8.09. The van der Waals surface area contributed by atoms with Crippen LogP contribution in [-0.4, -0.2) is 32.8 Å². The van der Waals surface area contributed by atoms with E-state index in [9.17, 15) is 18.4 Å². The first-order chi connectivity index (χ1) is 12.2. The summed E-state index contributed by atoms with van der Waals surface area (Å²) in [4.78, 5) is 19.1. The molecule has 0 bridgehead atoms. The van der Waals surface area contributed by atoms with Crippen molar-refractivity contribution in [3.63, 3.8) is 0 Å². The molecule has 140 valence electrons. The van der Waals surface area contributed by atoms with E-state index in [1.54, 1.807) is 6.07 Å². The van der Waals surface area contributed by atoms with Crippen molar-refractivity contribution in [2.45, 2.75) is 38.8 Å². The normalized spacial score (nSPS) is 14.2. The zero-order chi connectivity index (χ0) is 19.4. The molecular formula is C18H20F2N2O4. The lowest BCUT2D eigenvalue weighted by atomic mass is 10.1. The zero-order valence-corrected chi connectivity index (χ0v) is 14.2. The molecule has 2 aromatic rings. The van der Waals surface area contributed by atoms with Gasteiger partial charge in [-0.25, -0.2) is 18.4 Å². The molecule has 26 heavy (non-hydrogen) atoms. The summed E-state index contributed by atoms with van der Waals surface area (Å²) in [6, 6.07) is 2.86. The van der Waals surface area contributed by atoms with Crippen LogP contribution in [0.2, 0.25) is 0 Å². The molecule has 4 N–H and O–H groups in total. The maximum atomic E-state index is 14.0. The Hall–Kier alpha value is -2.74. The summed E-state index contributed by atoms with van der Waals surface area (Å²) in [5.41, 5.74) is 8.73. The van der Waals surface area contributed by atoms with E-state index in [2.05, 4.69) is 4.57 Å². The number of hydrogen-bond donors (Lipinski definition) is 3. The lowest BCUT2D eigenvalue weighted by molar-refractivity contribution is -0.134. The van der Waals surface area contributed by atoms with Gasteiger partial charge in [-0.05, 0) is 43.9 Å². The molecule has 0 amide bonds. The largest absolute Gasteiger partial charge is 0.478 e. The van der Waals surface area contributed by atoms with Crippen LogP contribution in [0.4, 0.5) is 8.78 Å². The van der Waals surface area contributed by atoms with Crippen LogP contribution in [0.15, 0.2) is 24.3 Å². The lowest BCUT2D eigenvalue weighted by Crippen LogP contribution is -2.23. The summed E-state index contributed by atoms with van der Waals surface area (Å²) in [6.07, 6.45) is 3.89. The van der Waals surface area contributed by atoms with Gasteiger partial charge in [0.1, 0.15) is 0 Å². The fraction of sp³-hybridized carbons (Fsp3) is 0.333. The van der Waals surface area contributed by atoms with Gasteiger partial charge < -0.3 is 20.5 Å². The van der Waals surface area contributed by atoms with E-state index in [1.807, 2.05) is 6.92 Å². The number of rotatable bonds is 4. The number of hydrogen-bond acceptors (Lipinski definition) is 3. The first kappa shape index (κ1) is 19.6. The first-order valence-corrected chi connectivity index (χ1v) is 8.09. The third-order valence-corrected chi connectivity index (χ3v) is 4.02. The Labute approximate surface area is 148 Å². The molecule has 0 unspecified atom stereocenters. The van der Waals surface area contributed by atoms with Gasteiger partial charge in [0.2, 0.25) is 0 Å². The van der Waals surface area contributed by atoms with Gasteiger partial charge in [0.15, 0.2) is 11.6 Å². The highest BCUT2D eigenvalue weighted by Gasteiger charge is 2.25. The molecular weight excluding hydrogens is 346 g/mol. The van der Waals surface area contributed by atoms with Crippen LogP contribution in [0.5, 0.6) is 0 Å². The maximum absolute atomic E-state index is 14.0. The van der Waals surface area contributed by atoms with Crippen molar-refractivity contribution in [3.8, 4) is 0 Å². The van der Waals surface area contributed by atoms with Crippen LogP contribution in [0.25, 0.3) is 10.9 Å². The van der Waals surface area contributed by atoms with Crippen molar-refractivity contribution in [2.24, 2.45) is 5.73 Å². The van der Waals surface area contributed by atoms with Gasteiger partial charge in [-0.2, -0.15) is 0 Å². The van der Waals surface area contributed by atoms with Crippen LogP contribution in [0.3, 0.4) is 0 Å². The van der Waals surface area contributed by atoms with Crippen LogP contribution in [0, 0.1) is 11.6 Å². The van der Waals surface area contributed by atoms with Crippen molar-refractivity contribution in [3.05, 3.63) is 47.2 Å². The van der Waals surface area contributed by atoms with Gasteiger partial charge in [-0.1, -0.05) is 0 Å². The van der Waals surface area contributed by atoms with Crippen molar-refractivity contribution in [1.82, 2.24) is 4.57 Å². The van der Waals surface area contributed by atoms with E-state index in [0.29, 0.717) is 24.1 Å². The van der Waals surface area contributed by atoms with Gasteiger partial charge in [-0.15, -0.1) is 0 Å². The third-order valence-electron chi connectivity index (χ3n) is 4.02. The van der Waals surface area contributed by atoms with E-state index < -0.39 is 23.6 Å². The Morgan fingerprint density at radius 2 is 1.85 bits per heavy atom. The van der Waals surface area contributed by atoms with Crippen molar-refractivity contribution in [1.29, 1.82) is 0 Å². The van der Waals surface area contributed by atoms with Gasteiger partial charge >= 0.3 is 11.9 Å². The molecule has 1 aliphatic rings. The molecule has 0 saturated heterocycles.